The van der Waals surface area contributed by atoms with Crippen LogP contribution in [0, 0.1) is 5.82 Å². The van der Waals surface area contributed by atoms with Crippen LogP contribution in [0.2, 0.25) is 5.02 Å². The van der Waals surface area contributed by atoms with Crippen LogP contribution >= 0.6 is 11.6 Å². The van der Waals surface area contributed by atoms with Gasteiger partial charge in [-0.3, -0.25) is 9.59 Å². The number of aromatic nitrogens is 1. The van der Waals surface area contributed by atoms with E-state index in [1.165, 1.54) is 24.3 Å². The van der Waals surface area contributed by atoms with E-state index in [1.807, 2.05) is 30.3 Å². The Hall–Kier alpha value is -3.91. The molecule has 2 aromatic carbocycles. The fourth-order valence-corrected chi connectivity index (χ4v) is 4.98. The third-order valence-corrected chi connectivity index (χ3v) is 6.83. The van der Waals surface area contributed by atoms with E-state index < -0.39 is 11.9 Å². The first-order valence-electron chi connectivity index (χ1n) is 11.5. The topological polar surface area (TPSA) is 83.0 Å². The van der Waals surface area contributed by atoms with Gasteiger partial charge in [0.05, 0.1) is 23.0 Å². The number of hydrogen-bond donors (Lipinski definition) is 1. The van der Waals surface area contributed by atoms with E-state index in [4.69, 9.17) is 16.3 Å². The van der Waals surface area contributed by atoms with Crippen LogP contribution in [0.3, 0.4) is 0 Å². The molecule has 2 amide bonds. The van der Waals surface area contributed by atoms with Gasteiger partial charge in [0.25, 0.3) is 5.91 Å². The summed E-state index contributed by atoms with van der Waals surface area (Å²) in [6, 6.07) is 12.9. The van der Waals surface area contributed by atoms with Crippen molar-refractivity contribution in [2.75, 3.05) is 26.2 Å². The van der Waals surface area contributed by atoms with Crippen molar-refractivity contribution in [3.8, 4) is 22.8 Å². The average Bonchev–Trinajstić information content (AvgIpc) is 3.03. The Bertz CT molecular complexity index is 1340. The van der Waals surface area contributed by atoms with Crippen LogP contribution in [0.5, 0.6) is 11.5 Å². The number of pyridine rings is 1. The zero-order valence-electron chi connectivity index (χ0n) is 19.3. The number of ether oxygens (including phenoxy) is 1. The molecule has 3 heterocycles. The molecule has 184 valence electrons. The lowest BCUT2D eigenvalue weighted by atomic mass is 10.00. The fraction of sp³-hybridized carbons (Fsp3) is 0.222. The molecule has 3 aromatic rings. The number of carbonyl (C=O) groups is 2. The summed E-state index contributed by atoms with van der Waals surface area (Å²) >= 11 is 6.70. The predicted octanol–water partition coefficient (Wildman–Crippen LogP) is 4.07. The van der Waals surface area contributed by atoms with Gasteiger partial charge >= 0.3 is 0 Å². The molecular formula is C27H23ClFN3O4. The highest BCUT2D eigenvalue weighted by molar-refractivity contribution is 6.35. The predicted molar refractivity (Wildman–Crippen MR) is 133 cm³/mol. The molecular weight excluding hydrogens is 485 g/mol. The second-order valence-corrected chi connectivity index (χ2v) is 9.05. The van der Waals surface area contributed by atoms with Gasteiger partial charge in [-0.2, -0.15) is 0 Å². The summed E-state index contributed by atoms with van der Waals surface area (Å²) < 4.78 is 20.9. The maximum absolute atomic E-state index is 14.8. The van der Waals surface area contributed by atoms with Crippen molar-refractivity contribution in [1.29, 1.82) is 0 Å². The summed E-state index contributed by atoms with van der Waals surface area (Å²) in [4.78, 5) is 34.0. The highest BCUT2D eigenvalue weighted by Gasteiger charge is 2.39. The SMILES string of the molecule is C=CC(=O)N1CCN2C(=O)c3c(Cc4ccccc4)nc(-c4c(O)cccc4F)c(Cl)c3OCC2C1. The van der Waals surface area contributed by atoms with Gasteiger partial charge in [0, 0.05) is 26.1 Å². The van der Waals surface area contributed by atoms with Crippen LogP contribution < -0.4 is 4.74 Å². The number of fused-ring (bicyclic) bond motifs is 2. The average molecular weight is 508 g/mol. The molecule has 36 heavy (non-hydrogen) atoms. The molecule has 2 aliphatic heterocycles. The van der Waals surface area contributed by atoms with Crippen LogP contribution in [0.25, 0.3) is 11.3 Å². The second kappa shape index (κ2) is 9.62. The van der Waals surface area contributed by atoms with Crippen molar-refractivity contribution in [2.45, 2.75) is 12.5 Å². The molecule has 0 radical (unpaired) electrons. The zero-order valence-corrected chi connectivity index (χ0v) is 20.0. The number of aromatic hydroxyl groups is 1. The molecule has 0 spiro atoms. The molecule has 0 aliphatic carbocycles. The van der Waals surface area contributed by atoms with Crippen molar-refractivity contribution < 1.29 is 23.8 Å². The molecule has 1 fully saturated rings. The summed E-state index contributed by atoms with van der Waals surface area (Å²) in [5, 5.41) is 10.4. The minimum atomic E-state index is -0.703. The van der Waals surface area contributed by atoms with Gasteiger partial charge in [-0.1, -0.05) is 54.6 Å². The molecule has 1 saturated heterocycles. The number of rotatable bonds is 4. The first-order valence-corrected chi connectivity index (χ1v) is 11.9. The molecule has 5 rings (SSSR count). The molecule has 7 nitrogen and oxygen atoms in total. The highest BCUT2D eigenvalue weighted by Crippen LogP contribution is 2.44. The third-order valence-electron chi connectivity index (χ3n) is 6.48. The summed E-state index contributed by atoms with van der Waals surface area (Å²) in [6.45, 7) is 4.57. The molecule has 1 N–H and O–H groups in total. The minimum absolute atomic E-state index is 0.00641. The Morgan fingerprint density at radius 1 is 1.19 bits per heavy atom. The number of benzene rings is 2. The van der Waals surface area contributed by atoms with Crippen molar-refractivity contribution in [3.63, 3.8) is 0 Å². The van der Waals surface area contributed by atoms with Crippen LogP contribution in [0.4, 0.5) is 4.39 Å². The number of phenolic OH excluding ortho intramolecular Hbond substituents is 1. The van der Waals surface area contributed by atoms with Gasteiger partial charge < -0.3 is 19.6 Å². The standard InChI is InChI=1S/C27H23ClFN3O4/c1-2-21(34)31-11-12-32-17(14-31)15-36-26-23(27(32)35)19(13-16-7-4-3-5-8-16)30-25(24(26)28)22-18(29)9-6-10-20(22)33/h2-10,17,33H,1,11-15H2. The number of carbonyl (C=O) groups excluding carboxylic acids is 2. The highest BCUT2D eigenvalue weighted by atomic mass is 35.5. The maximum atomic E-state index is 14.8. The lowest BCUT2D eigenvalue weighted by Crippen LogP contribution is -2.57. The van der Waals surface area contributed by atoms with Crippen molar-refractivity contribution in [2.24, 2.45) is 0 Å². The quantitative estimate of drug-likeness (QED) is 0.538. The summed E-state index contributed by atoms with van der Waals surface area (Å²) in [7, 11) is 0. The molecule has 0 bridgehead atoms. The van der Waals surface area contributed by atoms with Gasteiger partial charge in [-0.25, -0.2) is 9.37 Å². The largest absolute Gasteiger partial charge is 0.507 e. The number of nitrogens with zero attached hydrogens (tertiary/aromatic N) is 3. The van der Waals surface area contributed by atoms with Gasteiger partial charge in [-0.05, 0) is 23.8 Å². The Kier molecular flexibility index (Phi) is 6.36. The molecule has 9 heteroatoms. The Morgan fingerprint density at radius 2 is 1.97 bits per heavy atom. The van der Waals surface area contributed by atoms with Crippen LogP contribution in [-0.2, 0) is 11.2 Å². The van der Waals surface area contributed by atoms with E-state index in [0.29, 0.717) is 18.8 Å². The number of amides is 2. The number of piperazine rings is 1. The zero-order chi connectivity index (χ0) is 25.4. The number of halogens is 2. The van der Waals surface area contributed by atoms with E-state index in [9.17, 15) is 19.1 Å². The molecule has 1 aromatic heterocycles. The van der Waals surface area contributed by atoms with E-state index >= 15 is 0 Å². The second-order valence-electron chi connectivity index (χ2n) is 8.67. The van der Waals surface area contributed by atoms with Crippen LogP contribution in [0.15, 0.2) is 61.2 Å². The summed E-state index contributed by atoms with van der Waals surface area (Å²) in [6.07, 6.45) is 1.51. The van der Waals surface area contributed by atoms with E-state index in [2.05, 4.69) is 11.6 Å². The first kappa shape index (κ1) is 23.8. The van der Waals surface area contributed by atoms with Gasteiger partial charge in [0.1, 0.15) is 28.8 Å². The Labute approximate surface area is 212 Å². The molecule has 0 saturated carbocycles. The fourth-order valence-electron chi connectivity index (χ4n) is 4.69. The molecule has 2 aliphatic rings. The van der Waals surface area contributed by atoms with Gasteiger partial charge in [0.15, 0.2) is 5.75 Å². The van der Waals surface area contributed by atoms with Crippen molar-refractivity contribution in [3.05, 3.63) is 88.8 Å². The first-order chi connectivity index (χ1) is 17.4. The maximum Gasteiger partial charge on any atom is 0.260 e. The Balaban J connectivity index is 1.65. The summed E-state index contributed by atoms with van der Waals surface area (Å²) in [5.74, 6) is -1.47. The van der Waals surface area contributed by atoms with Gasteiger partial charge in [-0.15, -0.1) is 0 Å². The van der Waals surface area contributed by atoms with E-state index in [1.54, 1.807) is 9.80 Å². The van der Waals surface area contributed by atoms with Gasteiger partial charge in [0.2, 0.25) is 5.91 Å². The van der Waals surface area contributed by atoms with Crippen LogP contribution in [0.1, 0.15) is 21.6 Å². The lowest BCUT2D eigenvalue weighted by molar-refractivity contribution is -0.128. The van der Waals surface area contributed by atoms with Crippen LogP contribution in [-0.4, -0.2) is 64.0 Å². The number of phenols is 1. The van der Waals surface area contributed by atoms with E-state index in [-0.39, 0.29) is 64.7 Å². The Morgan fingerprint density at radius 3 is 2.69 bits per heavy atom. The monoisotopic (exact) mass is 507 g/mol. The number of hydrogen-bond acceptors (Lipinski definition) is 5. The lowest BCUT2D eigenvalue weighted by Gasteiger charge is -2.39. The molecule has 1 atom stereocenters. The molecule has 1 unspecified atom stereocenters. The van der Waals surface area contributed by atoms with Crippen molar-refractivity contribution in [1.82, 2.24) is 14.8 Å². The normalized spacial score (nSPS) is 17.1. The van der Waals surface area contributed by atoms with E-state index in [0.717, 1.165) is 5.56 Å². The minimum Gasteiger partial charge on any atom is -0.507 e. The smallest absolute Gasteiger partial charge is 0.260 e. The third kappa shape index (κ3) is 4.18. The van der Waals surface area contributed by atoms with Crippen molar-refractivity contribution >= 4 is 23.4 Å². The summed E-state index contributed by atoms with van der Waals surface area (Å²) in [5.41, 5.74) is 1.27.